The normalized spacial score (nSPS) is 14.9. The summed E-state index contributed by atoms with van der Waals surface area (Å²) in [7, 11) is 0. The van der Waals surface area contributed by atoms with Crippen molar-refractivity contribution in [1.29, 1.82) is 0 Å². The predicted molar refractivity (Wildman–Crippen MR) is 66.8 cm³/mol. The van der Waals surface area contributed by atoms with Crippen LogP contribution in [-0.2, 0) is 0 Å². The summed E-state index contributed by atoms with van der Waals surface area (Å²) in [6, 6.07) is 8.29. The molecule has 0 N–H and O–H groups in total. The van der Waals surface area contributed by atoms with Gasteiger partial charge in [-0.05, 0) is 0 Å². The Balaban J connectivity index is 2.17. The topological polar surface area (TPSA) is 32.9 Å². The zero-order valence-corrected chi connectivity index (χ0v) is 10.8. The first-order valence-corrected chi connectivity index (χ1v) is 6.80. The van der Waals surface area contributed by atoms with E-state index >= 15 is 0 Å². The van der Waals surface area contributed by atoms with Crippen LogP contribution in [0.3, 0.4) is 0 Å². The molecule has 0 bridgehead atoms. The molecule has 0 atom stereocenters. The molecule has 2 heterocycles. The monoisotopic (exact) mass is 296 g/mol. The van der Waals surface area contributed by atoms with Gasteiger partial charge in [0.1, 0.15) is 0 Å². The zero-order valence-electron chi connectivity index (χ0n) is 8.28. The van der Waals surface area contributed by atoms with Gasteiger partial charge in [0.2, 0.25) is 0 Å². The molecule has 80 valence electrons. The predicted octanol–water partition coefficient (Wildman–Crippen LogP) is 2.26. The first kappa shape index (κ1) is 9.96. The van der Waals surface area contributed by atoms with Crippen LogP contribution in [0.4, 0.5) is 0 Å². The van der Waals surface area contributed by atoms with E-state index in [4.69, 9.17) is 12.2 Å². The first-order chi connectivity index (χ1) is 7.86. The number of rotatable bonds is 1. The maximum absolute atomic E-state index is 5.47. The molecule has 1 aromatic carbocycles. The number of azo groups is 1. The van der Waals surface area contributed by atoms with E-state index in [0.29, 0.717) is 6.67 Å². The van der Waals surface area contributed by atoms with E-state index in [1.807, 2.05) is 17.3 Å². The minimum absolute atomic E-state index is 0.213. The molecule has 0 unspecified atom stereocenters. The molecule has 0 aliphatic carbocycles. The summed E-state index contributed by atoms with van der Waals surface area (Å²) < 4.78 is 4.33. The summed E-state index contributed by atoms with van der Waals surface area (Å²) >= 11 is 5.68. The zero-order chi connectivity index (χ0) is 11.0. The minimum atomic E-state index is 0.213. The average Bonchev–Trinajstić information content (AvgIpc) is 2.69. The van der Waals surface area contributed by atoms with Crippen molar-refractivity contribution in [3.63, 3.8) is 0 Å². The Bertz CT molecular complexity index is 640. The van der Waals surface area contributed by atoms with E-state index in [1.165, 1.54) is 9.65 Å². The van der Waals surface area contributed by atoms with Crippen LogP contribution < -0.4 is 5.01 Å². The Kier molecular flexibility index (Phi) is 2.47. The van der Waals surface area contributed by atoms with Gasteiger partial charge in [-0.15, -0.1) is 0 Å². The second kappa shape index (κ2) is 3.97. The van der Waals surface area contributed by atoms with Crippen LogP contribution in [0.25, 0.3) is 9.65 Å². The van der Waals surface area contributed by atoms with Crippen LogP contribution in [0, 0.1) is 4.64 Å². The van der Waals surface area contributed by atoms with E-state index in [9.17, 15) is 0 Å². The van der Waals surface area contributed by atoms with Crippen molar-refractivity contribution in [3.8, 4) is 0 Å². The van der Waals surface area contributed by atoms with Crippen molar-refractivity contribution in [2.45, 2.75) is 0 Å². The summed E-state index contributed by atoms with van der Waals surface area (Å²) in [5, 5.41) is 11.0. The first-order valence-electron chi connectivity index (χ1n) is 4.77. The standard InChI is InChI=1S/C10H8N4SSe/c15-10-8-3-1-2-4-9(8)16-14(10)13-6-5-11-12-7-13/h1-6H,7H2. The summed E-state index contributed by atoms with van der Waals surface area (Å²) in [5.74, 6) is 0. The van der Waals surface area contributed by atoms with Crippen molar-refractivity contribution in [2.75, 3.05) is 11.7 Å². The van der Waals surface area contributed by atoms with Crippen LogP contribution in [0.5, 0.6) is 0 Å². The molecular formula is C10H8N4SSe. The molecule has 1 aromatic heterocycles. The molecule has 1 aliphatic rings. The van der Waals surface area contributed by atoms with Crippen LogP contribution in [0.1, 0.15) is 0 Å². The van der Waals surface area contributed by atoms with Crippen molar-refractivity contribution >= 4 is 36.6 Å². The molecule has 0 spiro atoms. The molecular weight excluding hydrogens is 287 g/mol. The number of hydrogen-bond donors (Lipinski definition) is 0. The van der Waals surface area contributed by atoms with Crippen molar-refractivity contribution in [3.05, 3.63) is 41.3 Å². The van der Waals surface area contributed by atoms with Gasteiger partial charge >= 0.3 is 103 Å². The Morgan fingerprint density at radius 2 is 2.19 bits per heavy atom. The number of fused-ring (bicyclic) bond motifs is 1. The molecule has 0 amide bonds. The Hall–Kier alpha value is -1.23. The molecule has 16 heavy (non-hydrogen) atoms. The Morgan fingerprint density at radius 1 is 1.31 bits per heavy atom. The van der Waals surface area contributed by atoms with E-state index in [0.717, 1.165) is 4.64 Å². The molecule has 0 saturated carbocycles. The van der Waals surface area contributed by atoms with Gasteiger partial charge in [0.15, 0.2) is 0 Å². The van der Waals surface area contributed by atoms with E-state index in [-0.39, 0.29) is 14.7 Å². The van der Waals surface area contributed by atoms with Gasteiger partial charge in [-0.3, -0.25) is 0 Å². The fourth-order valence-electron chi connectivity index (χ4n) is 1.55. The second-order valence-corrected chi connectivity index (χ2v) is 5.72. The number of nitrogens with zero attached hydrogens (tertiary/aromatic N) is 4. The Labute approximate surface area is 103 Å². The molecule has 6 heteroatoms. The number of aromatic nitrogens is 1. The average molecular weight is 295 g/mol. The van der Waals surface area contributed by atoms with E-state index in [1.54, 1.807) is 6.20 Å². The third-order valence-corrected chi connectivity index (χ3v) is 5.30. The molecule has 0 fully saturated rings. The van der Waals surface area contributed by atoms with E-state index in [2.05, 4.69) is 32.1 Å². The van der Waals surface area contributed by atoms with Gasteiger partial charge < -0.3 is 0 Å². The van der Waals surface area contributed by atoms with Crippen LogP contribution in [0.15, 0.2) is 46.9 Å². The van der Waals surface area contributed by atoms with Crippen LogP contribution in [-0.4, -0.2) is 25.1 Å². The van der Waals surface area contributed by atoms with Gasteiger partial charge in [0, 0.05) is 0 Å². The van der Waals surface area contributed by atoms with Gasteiger partial charge in [-0.1, -0.05) is 0 Å². The Morgan fingerprint density at radius 3 is 2.94 bits per heavy atom. The third-order valence-electron chi connectivity index (χ3n) is 2.30. The summed E-state index contributed by atoms with van der Waals surface area (Å²) in [6.07, 6.45) is 3.60. The molecule has 2 aromatic rings. The fraction of sp³-hybridized carbons (Fsp3) is 0.100. The third kappa shape index (κ3) is 1.55. The molecule has 4 nitrogen and oxygen atoms in total. The second-order valence-electron chi connectivity index (χ2n) is 3.30. The van der Waals surface area contributed by atoms with Gasteiger partial charge in [-0.2, -0.15) is 0 Å². The quantitative estimate of drug-likeness (QED) is 0.597. The molecule has 1 aliphatic heterocycles. The van der Waals surface area contributed by atoms with Crippen molar-refractivity contribution < 1.29 is 0 Å². The maximum atomic E-state index is 5.47. The summed E-state index contributed by atoms with van der Waals surface area (Å²) in [4.78, 5) is 0. The van der Waals surface area contributed by atoms with Crippen LogP contribution >= 0.6 is 12.2 Å². The van der Waals surface area contributed by atoms with Crippen LogP contribution in [0.2, 0.25) is 0 Å². The molecule has 0 saturated heterocycles. The van der Waals surface area contributed by atoms with Gasteiger partial charge in [0.25, 0.3) is 0 Å². The summed E-state index contributed by atoms with van der Waals surface area (Å²) in [5.41, 5.74) is 0. The van der Waals surface area contributed by atoms with Gasteiger partial charge in [-0.25, -0.2) is 0 Å². The SMILES string of the molecule is S=c1c2ccccc2[se]n1N1C=CN=NC1. The number of benzene rings is 1. The fourth-order valence-corrected chi connectivity index (χ4v) is 4.23. The number of hydrogen-bond acceptors (Lipinski definition) is 4. The molecule has 0 radical (unpaired) electrons. The van der Waals surface area contributed by atoms with Gasteiger partial charge in [0.05, 0.1) is 0 Å². The van der Waals surface area contributed by atoms with Crippen molar-refractivity contribution in [2.24, 2.45) is 10.2 Å². The van der Waals surface area contributed by atoms with E-state index < -0.39 is 0 Å². The van der Waals surface area contributed by atoms with Crippen molar-refractivity contribution in [1.82, 2.24) is 3.67 Å². The molecule has 3 rings (SSSR count). The summed E-state index contributed by atoms with van der Waals surface area (Å²) in [6.45, 7) is 0.548.